The highest BCUT2D eigenvalue weighted by Crippen LogP contribution is 2.26. The van der Waals surface area contributed by atoms with E-state index in [0.717, 1.165) is 16.5 Å². The van der Waals surface area contributed by atoms with Crippen molar-refractivity contribution in [2.75, 3.05) is 6.61 Å². The molecule has 1 N–H and O–H groups in total. The van der Waals surface area contributed by atoms with Crippen molar-refractivity contribution >= 4 is 27.7 Å². The number of aryl methyl sites for hydroxylation is 1. The predicted octanol–water partition coefficient (Wildman–Crippen LogP) is 4.72. The Bertz CT molecular complexity index is 862. The van der Waals surface area contributed by atoms with Crippen molar-refractivity contribution < 1.29 is 14.3 Å². The van der Waals surface area contributed by atoms with Crippen LogP contribution >= 0.6 is 15.9 Å². The van der Waals surface area contributed by atoms with E-state index in [1.54, 1.807) is 11.8 Å². The fraction of sp³-hybridized carbons (Fsp3) is 0.417. The maximum atomic E-state index is 13.1. The fourth-order valence-electron chi connectivity index (χ4n) is 2.94. The molecule has 0 saturated heterocycles. The minimum Gasteiger partial charge on any atom is -0.483 e. The van der Waals surface area contributed by atoms with E-state index in [-0.39, 0.29) is 24.0 Å². The van der Waals surface area contributed by atoms with Gasteiger partial charge in [0.05, 0.1) is 4.47 Å². The number of nitrogens with zero attached hydrogens (tertiary/aromatic N) is 1. The van der Waals surface area contributed by atoms with E-state index in [2.05, 4.69) is 28.2 Å². The zero-order chi connectivity index (χ0) is 22.3. The highest BCUT2D eigenvalue weighted by molar-refractivity contribution is 9.10. The second kappa shape index (κ2) is 10.6. The summed E-state index contributed by atoms with van der Waals surface area (Å²) in [6.45, 7) is 9.76. The largest absolute Gasteiger partial charge is 0.483 e. The van der Waals surface area contributed by atoms with Gasteiger partial charge in [-0.1, -0.05) is 43.3 Å². The zero-order valence-corrected chi connectivity index (χ0v) is 20.0. The number of carbonyl (C=O) groups excluding carboxylic acids is 2. The monoisotopic (exact) mass is 474 g/mol. The third kappa shape index (κ3) is 7.17. The Kier molecular flexibility index (Phi) is 8.47. The Hall–Kier alpha value is -2.34. The minimum atomic E-state index is -0.633. The van der Waals surface area contributed by atoms with Crippen LogP contribution in [0.4, 0.5) is 0 Å². The Balaban J connectivity index is 2.16. The van der Waals surface area contributed by atoms with Crippen LogP contribution in [0.25, 0.3) is 0 Å². The molecule has 1 unspecified atom stereocenters. The third-order valence-electron chi connectivity index (χ3n) is 4.62. The van der Waals surface area contributed by atoms with Gasteiger partial charge < -0.3 is 15.0 Å². The Morgan fingerprint density at radius 1 is 1.10 bits per heavy atom. The van der Waals surface area contributed by atoms with Crippen LogP contribution in [0.1, 0.15) is 45.7 Å². The molecule has 0 aliphatic heterocycles. The summed E-state index contributed by atoms with van der Waals surface area (Å²) in [6, 6.07) is 14.8. The van der Waals surface area contributed by atoms with Crippen LogP contribution < -0.4 is 10.1 Å². The van der Waals surface area contributed by atoms with Gasteiger partial charge in [-0.3, -0.25) is 9.59 Å². The van der Waals surface area contributed by atoms with Crippen LogP contribution in [-0.2, 0) is 22.6 Å². The van der Waals surface area contributed by atoms with Crippen molar-refractivity contribution in [2.45, 2.75) is 59.2 Å². The third-order valence-corrected chi connectivity index (χ3v) is 5.24. The van der Waals surface area contributed by atoms with Gasteiger partial charge in [-0.05, 0) is 73.3 Å². The molecule has 6 heteroatoms. The highest BCUT2D eigenvalue weighted by atomic mass is 79.9. The van der Waals surface area contributed by atoms with Gasteiger partial charge in [0, 0.05) is 12.1 Å². The van der Waals surface area contributed by atoms with Gasteiger partial charge in [-0.25, -0.2) is 0 Å². The molecule has 162 valence electrons. The highest BCUT2D eigenvalue weighted by Gasteiger charge is 2.28. The van der Waals surface area contributed by atoms with Crippen molar-refractivity contribution in [2.24, 2.45) is 0 Å². The van der Waals surface area contributed by atoms with Crippen molar-refractivity contribution in [3.8, 4) is 5.75 Å². The Labute approximate surface area is 187 Å². The van der Waals surface area contributed by atoms with Crippen molar-refractivity contribution in [1.82, 2.24) is 10.2 Å². The maximum absolute atomic E-state index is 13.1. The molecule has 0 radical (unpaired) electrons. The number of benzene rings is 2. The lowest BCUT2D eigenvalue weighted by molar-refractivity contribution is -0.142. The molecule has 2 rings (SSSR count). The van der Waals surface area contributed by atoms with Gasteiger partial charge in [0.15, 0.2) is 6.61 Å². The summed E-state index contributed by atoms with van der Waals surface area (Å²) < 4.78 is 6.59. The second-order valence-electron chi connectivity index (χ2n) is 8.33. The van der Waals surface area contributed by atoms with Crippen LogP contribution in [-0.4, -0.2) is 34.9 Å². The van der Waals surface area contributed by atoms with Gasteiger partial charge in [0.25, 0.3) is 5.91 Å². The molecule has 5 nitrogen and oxygen atoms in total. The molecule has 0 spiro atoms. The fourth-order valence-corrected chi connectivity index (χ4v) is 3.48. The van der Waals surface area contributed by atoms with Crippen molar-refractivity contribution in [1.29, 1.82) is 0 Å². The summed E-state index contributed by atoms with van der Waals surface area (Å²) in [4.78, 5) is 27.4. The van der Waals surface area contributed by atoms with E-state index in [1.165, 1.54) is 5.56 Å². The standard InChI is InChI=1S/C24H31BrN2O3/c1-6-18-12-13-21(20(25)14-18)30-16-22(28)27(15-19-10-8-7-9-11-19)17(2)23(29)26-24(3,4)5/h7-14,17H,6,15-16H2,1-5H3,(H,26,29). The van der Waals surface area contributed by atoms with Gasteiger partial charge in [-0.2, -0.15) is 0 Å². The lowest BCUT2D eigenvalue weighted by Gasteiger charge is -2.31. The van der Waals surface area contributed by atoms with Crippen LogP contribution in [0.3, 0.4) is 0 Å². The number of nitrogens with one attached hydrogen (secondary N) is 1. The molecule has 2 aromatic rings. The first-order valence-corrected chi connectivity index (χ1v) is 11.0. The Morgan fingerprint density at radius 2 is 1.77 bits per heavy atom. The lowest BCUT2D eigenvalue weighted by atomic mass is 10.1. The quantitative estimate of drug-likeness (QED) is 0.601. The summed E-state index contributed by atoms with van der Waals surface area (Å²) in [6.07, 6.45) is 0.920. The normalized spacial score (nSPS) is 12.2. The molecule has 2 aromatic carbocycles. The summed E-state index contributed by atoms with van der Waals surface area (Å²) in [5.74, 6) is 0.161. The maximum Gasteiger partial charge on any atom is 0.261 e. The first-order valence-electron chi connectivity index (χ1n) is 10.2. The number of carbonyl (C=O) groups is 2. The predicted molar refractivity (Wildman–Crippen MR) is 123 cm³/mol. The number of ether oxygens (including phenoxy) is 1. The number of halogens is 1. The van der Waals surface area contributed by atoms with E-state index < -0.39 is 6.04 Å². The summed E-state index contributed by atoms with van der Waals surface area (Å²) >= 11 is 3.50. The smallest absolute Gasteiger partial charge is 0.261 e. The number of hydrogen-bond acceptors (Lipinski definition) is 3. The SMILES string of the molecule is CCc1ccc(OCC(=O)N(Cc2ccccc2)C(C)C(=O)NC(C)(C)C)c(Br)c1. The molecule has 0 heterocycles. The van der Waals surface area contributed by atoms with Crippen molar-refractivity contribution in [3.63, 3.8) is 0 Å². The zero-order valence-electron chi connectivity index (χ0n) is 18.4. The molecule has 0 bridgehead atoms. The van der Waals surface area contributed by atoms with E-state index in [4.69, 9.17) is 4.74 Å². The summed E-state index contributed by atoms with van der Waals surface area (Å²) in [5, 5.41) is 2.95. The molecule has 1 atom stereocenters. The van der Waals surface area contributed by atoms with E-state index in [0.29, 0.717) is 12.3 Å². The molecular weight excluding hydrogens is 444 g/mol. The summed E-state index contributed by atoms with van der Waals surface area (Å²) in [7, 11) is 0. The topological polar surface area (TPSA) is 58.6 Å². The number of rotatable bonds is 8. The minimum absolute atomic E-state index is 0.149. The number of hydrogen-bond donors (Lipinski definition) is 1. The first-order chi connectivity index (χ1) is 14.1. The lowest BCUT2D eigenvalue weighted by Crippen LogP contribution is -2.53. The van der Waals surface area contributed by atoms with Crippen molar-refractivity contribution in [3.05, 3.63) is 64.1 Å². The molecule has 2 amide bonds. The van der Waals surface area contributed by atoms with Crippen LogP contribution in [0.5, 0.6) is 5.75 Å². The summed E-state index contributed by atoms with van der Waals surface area (Å²) in [5.41, 5.74) is 1.75. The molecule has 0 aromatic heterocycles. The van der Waals surface area contributed by atoms with Gasteiger partial charge in [0.2, 0.25) is 5.91 Å². The van der Waals surface area contributed by atoms with Gasteiger partial charge in [-0.15, -0.1) is 0 Å². The average molecular weight is 475 g/mol. The number of amides is 2. The van der Waals surface area contributed by atoms with E-state index in [9.17, 15) is 9.59 Å². The molecule has 0 fully saturated rings. The Morgan fingerprint density at radius 3 is 2.33 bits per heavy atom. The van der Waals surface area contributed by atoms with E-state index in [1.807, 2.05) is 69.3 Å². The van der Waals surface area contributed by atoms with Gasteiger partial charge >= 0.3 is 0 Å². The molecule has 0 aliphatic rings. The molecule has 30 heavy (non-hydrogen) atoms. The van der Waals surface area contributed by atoms with Crippen LogP contribution in [0.2, 0.25) is 0 Å². The van der Waals surface area contributed by atoms with E-state index >= 15 is 0 Å². The average Bonchev–Trinajstić information content (AvgIpc) is 2.69. The molecular formula is C24H31BrN2O3. The first kappa shape index (κ1) is 23.9. The molecule has 0 saturated carbocycles. The van der Waals surface area contributed by atoms with Gasteiger partial charge in [0.1, 0.15) is 11.8 Å². The van der Waals surface area contributed by atoms with Crippen LogP contribution in [0, 0.1) is 0 Å². The second-order valence-corrected chi connectivity index (χ2v) is 9.18. The van der Waals surface area contributed by atoms with Crippen LogP contribution in [0.15, 0.2) is 53.0 Å². The molecule has 0 aliphatic carbocycles.